The van der Waals surface area contributed by atoms with Gasteiger partial charge in [-0.15, -0.1) is 0 Å². The van der Waals surface area contributed by atoms with Crippen molar-refractivity contribution in [3.8, 4) is 0 Å². The van der Waals surface area contributed by atoms with Crippen LogP contribution in [-0.2, 0) is 0 Å². The second kappa shape index (κ2) is 5.68. The van der Waals surface area contributed by atoms with Crippen molar-refractivity contribution in [1.82, 2.24) is 10.3 Å². The number of benzene rings is 1. The van der Waals surface area contributed by atoms with Crippen LogP contribution in [0.15, 0.2) is 36.5 Å². The van der Waals surface area contributed by atoms with Crippen molar-refractivity contribution in [2.45, 2.75) is 37.6 Å². The molecule has 4 heteroatoms. The number of nitrogens with one attached hydrogen (secondary N) is 1. The van der Waals surface area contributed by atoms with Gasteiger partial charge in [-0.3, -0.25) is 4.98 Å². The zero-order chi connectivity index (χ0) is 14.9. The van der Waals surface area contributed by atoms with Crippen LogP contribution in [0.25, 0.3) is 10.9 Å². The third-order valence-corrected chi connectivity index (χ3v) is 4.54. The predicted octanol–water partition coefficient (Wildman–Crippen LogP) is 4.32. The average Bonchev–Trinajstić information content (AvgIpc) is 2.50. The second-order valence-corrected chi connectivity index (χ2v) is 5.88. The fourth-order valence-corrected chi connectivity index (χ4v) is 3.42. The lowest BCUT2D eigenvalue weighted by Gasteiger charge is -2.34. The molecule has 1 heterocycles. The Morgan fingerprint density at radius 1 is 1.19 bits per heavy atom. The first kappa shape index (κ1) is 14.4. The maximum Gasteiger partial charge on any atom is 0.248 e. The molecule has 1 N–H and O–H groups in total. The summed E-state index contributed by atoms with van der Waals surface area (Å²) in [5.41, 5.74) is 2.09. The van der Waals surface area contributed by atoms with Crippen LogP contribution in [0, 0.1) is 5.92 Å². The number of alkyl halides is 2. The zero-order valence-corrected chi connectivity index (χ0v) is 12.2. The zero-order valence-electron chi connectivity index (χ0n) is 12.2. The predicted molar refractivity (Wildman–Crippen MR) is 80.4 cm³/mol. The molecule has 1 fully saturated rings. The first-order valence-corrected chi connectivity index (χ1v) is 7.49. The van der Waals surface area contributed by atoms with Crippen molar-refractivity contribution < 1.29 is 8.78 Å². The first-order valence-electron chi connectivity index (χ1n) is 7.49. The number of fused-ring (bicyclic) bond motifs is 1. The smallest absolute Gasteiger partial charge is 0.248 e. The molecule has 0 bridgehead atoms. The summed E-state index contributed by atoms with van der Waals surface area (Å²) < 4.78 is 26.7. The number of pyridine rings is 1. The molecule has 0 saturated heterocycles. The molecule has 0 radical (unpaired) electrons. The molecule has 0 spiro atoms. The normalized spacial score (nSPS) is 20.5. The lowest BCUT2D eigenvalue weighted by atomic mass is 9.79. The largest absolute Gasteiger partial charge is 0.313 e. The quantitative estimate of drug-likeness (QED) is 0.910. The van der Waals surface area contributed by atoms with E-state index < -0.39 is 5.92 Å². The number of para-hydroxylation sites is 1. The monoisotopic (exact) mass is 290 g/mol. The van der Waals surface area contributed by atoms with Crippen molar-refractivity contribution in [3.63, 3.8) is 0 Å². The molecular weight excluding hydrogens is 270 g/mol. The summed E-state index contributed by atoms with van der Waals surface area (Å²) in [5.74, 6) is -2.24. The number of nitrogens with zero attached hydrogens (tertiary/aromatic N) is 1. The number of hydrogen-bond donors (Lipinski definition) is 1. The third kappa shape index (κ3) is 2.91. The summed E-state index contributed by atoms with van der Waals surface area (Å²) in [6.45, 7) is 0. The van der Waals surface area contributed by atoms with Crippen molar-refractivity contribution in [2.75, 3.05) is 7.05 Å². The van der Waals surface area contributed by atoms with Gasteiger partial charge in [0.25, 0.3) is 0 Å². The summed E-state index contributed by atoms with van der Waals surface area (Å²) in [4.78, 5) is 4.49. The van der Waals surface area contributed by atoms with Gasteiger partial charge in [0, 0.05) is 30.5 Å². The Morgan fingerprint density at radius 3 is 2.62 bits per heavy atom. The van der Waals surface area contributed by atoms with Gasteiger partial charge in [-0.1, -0.05) is 24.3 Å². The highest BCUT2D eigenvalue weighted by molar-refractivity contribution is 5.82. The third-order valence-electron chi connectivity index (χ3n) is 4.54. The minimum atomic E-state index is -2.48. The van der Waals surface area contributed by atoms with Gasteiger partial charge < -0.3 is 5.32 Å². The van der Waals surface area contributed by atoms with Crippen molar-refractivity contribution in [2.24, 2.45) is 5.92 Å². The highest BCUT2D eigenvalue weighted by Gasteiger charge is 2.38. The van der Waals surface area contributed by atoms with Crippen molar-refractivity contribution >= 4 is 10.9 Å². The van der Waals surface area contributed by atoms with Gasteiger partial charge in [0.2, 0.25) is 5.92 Å². The van der Waals surface area contributed by atoms with Crippen LogP contribution in [-0.4, -0.2) is 18.0 Å². The van der Waals surface area contributed by atoms with E-state index in [1.54, 1.807) is 6.20 Å². The van der Waals surface area contributed by atoms with Gasteiger partial charge in [-0.2, -0.15) is 0 Å². The van der Waals surface area contributed by atoms with E-state index >= 15 is 0 Å². The number of halogens is 2. The van der Waals surface area contributed by atoms with Crippen LogP contribution in [0.4, 0.5) is 8.78 Å². The molecule has 21 heavy (non-hydrogen) atoms. The highest BCUT2D eigenvalue weighted by Crippen LogP contribution is 2.42. The Labute approximate surface area is 123 Å². The molecule has 3 rings (SSSR count). The summed E-state index contributed by atoms with van der Waals surface area (Å²) in [6, 6.07) is 10.1. The van der Waals surface area contributed by atoms with Crippen LogP contribution in [0.1, 0.15) is 37.3 Å². The molecule has 2 aromatic rings. The summed E-state index contributed by atoms with van der Waals surface area (Å²) in [7, 11) is 1.90. The van der Waals surface area contributed by atoms with E-state index in [-0.39, 0.29) is 24.8 Å². The molecule has 1 aliphatic carbocycles. The molecule has 2 nitrogen and oxygen atoms in total. The molecule has 1 aromatic heterocycles. The molecule has 1 aromatic carbocycles. The van der Waals surface area contributed by atoms with Gasteiger partial charge >= 0.3 is 0 Å². The van der Waals surface area contributed by atoms with Crippen molar-refractivity contribution in [3.05, 3.63) is 42.1 Å². The van der Waals surface area contributed by atoms with Gasteiger partial charge in [0.1, 0.15) is 0 Å². The lowest BCUT2D eigenvalue weighted by molar-refractivity contribution is -0.0494. The van der Waals surface area contributed by atoms with Crippen LogP contribution in [0.2, 0.25) is 0 Å². The summed E-state index contributed by atoms with van der Waals surface area (Å²) in [5, 5.41) is 4.42. The van der Waals surface area contributed by atoms with E-state index in [9.17, 15) is 8.78 Å². The SMILES string of the molecule is CNC(c1cccc2cccnc12)C1CCC(F)(F)CC1. The molecule has 112 valence electrons. The molecular formula is C17H20F2N2. The van der Waals surface area contributed by atoms with Gasteiger partial charge in [0.15, 0.2) is 0 Å². The van der Waals surface area contributed by atoms with E-state index in [4.69, 9.17) is 0 Å². The van der Waals surface area contributed by atoms with E-state index in [2.05, 4.69) is 16.4 Å². The Hall–Kier alpha value is -1.55. The van der Waals surface area contributed by atoms with E-state index in [0.29, 0.717) is 12.8 Å². The Kier molecular flexibility index (Phi) is 3.89. The minimum absolute atomic E-state index is 0.00591. The molecule has 1 saturated carbocycles. The second-order valence-electron chi connectivity index (χ2n) is 5.88. The fraction of sp³-hybridized carbons (Fsp3) is 0.471. The molecule has 0 aliphatic heterocycles. The maximum atomic E-state index is 13.4. The summed E-state index contributed by atoms with van der Waals surface area (Å²) in [6.07, 6.45) is 2.89. The molecule has 1 unspecified atom stereocenters. The van der Waals surface area contributed by atoms with Gasteiger partial charge in [-0.05, 0) is 37.4 Å². The molecule has 1 atom stereocenters. The van der Waals surface area contributed by atoms with Crippen molar-refractivity contribution in [1.29, 1.82) is 0 Å². The first-order chi connectivity index (χ1) is 10.1. The van der Waals surface area contributed by atoms with E-state index in [1.807, 2.05) is 31.3 Å². The Bertz CT molecular complexity index is 612. The van der Waals surface area contributed by atoms with Gasteiger partial charge in [0.05, 0.1) is 5.52 Å². The number of hydrogen-bond acceptors (Lipinski definition) is 2. The minimum Gasteiger partial charge on any atom is -0.313 e. The van der Waals surface area contributed by atoms with E-state index in [1.165, 1.54) is 0 Å². The van der Waals surface area contributed by atoms with Crippen LogP contribution < -0.4 is 5.32 Å². The lowest BCUT2D eigenvalue weighted by Crippen LogP contribution is -2.32. The standard InChI is InChI=1S/C17H20F2N2/c1-20-15(13-7-9-17(18,19)10-8-13)14-6-2-4-12-5-3-11-21-16(12)14/h2-6,11,13,15,20H,7-10H2,1H3. The average molecular weight is 290 g/mol. The Balaban J connectivity index is 1.92. The number of rotatable bonds is 3. The Morgan fingerprint density at radius 2 is 1.90 bits per heavy atom. The van der Waals surface area contributed by atoms with Crippen LogP contribution in [0.3, 0.4) is 0 Å². The molecule has 1 aliphatic rings. The topological polar surface area (TPSA) is 24.9 Å². The fourth-order valence-electron chi connectivity index (χ4n) is 3.42. The maximum absolute atomic E-state index is 13.4. The number of aromatic nitrogens is 1. The molecule has 0 amide bonds. The van der Waals surface area contributed by atoms with E-state index in [0.717, 1.165) is 16.5 Å². The van der Waals surface area contributed by atoms with Crippen LogP contribution >= 0.6 is 0 Å². The van der Waals surface area contributed by atoms with Crippen LogP contribution in [0.5, 0.6) is 0 Å². The summed E-state index contributed by atoms with van der Waals surface area (Å²) >= 11 is 0. The van der Waals surface area contributed by atoms with Gasteiger partial charge in [-0.25, -0.2) is 8.78 Å². The highest BCUT2D eigenvalue weighted by atomic mass is 19.3.